The zero-order chi connectivity index (χ0) is 15.4. The van der Waals surface area contributed by atoms with Gasteiger partial charge in [-0.15, -0.1) is 0 Å². The van der Waals surface area contributed by atoms with Gasteiger partial charge in [-0.05, 0) is 38.9 Å². The minimum atomic E-state index is -0.339. The quantitative estimate of drug-likeness (QED) is 0.863. The number of ether oxygens (including phenoxy) is 1. The van der Waals surface area contributed by atoms with Crippen LogP contribution in [0.4, 0.5) is 5.69 Å². The molecule has 116 valence electrons. The smallest absolute Gasteiger partial charge is 0.244 e. The highest BCUT2D eigenvalue weighted by Gasteiger charge is 2.36. The summed E-state index contributed by atoms with van der Waals surface area (Å²) in [6.07, 6.45) is 1.14. The molecule has 0 radical (unpaired) electrons. The number of amides is 1. The number of carbonyl (C=O) groups excluding carboxylic acids is 1. The van der Waals surface area contributed by atoms with Crippen molar-refractivity contribution in [3.8, 4) is 5.75 Å². The molecule has 1 N–H and O–H groups in total. The van der Waals surface area contributed by atoms with Crippen molar-refractivity contribution in [2.45, 2.75) is 31.9 Å². The fraction of sp³-hybridized carbons (Fsp3) is 0.562. The molecule has 0 bridgehead atoms. The van der Waals surface area contributed by atoms with E-state index < -0.39 is 0 Å². The maximum absolute atomic E-state index is 12.6. The van der Waals surface area contributed by atoms with Crippen molar-refractivity contribution in [1.82, 2.24) is 4.90 Å². The molecule has 0 aliphatic carbocycles. The van der Waals surface area contributed by atoms with Gasteiger partial charge in [0.2, 0.25) is 5.91 Å². The first kappa shape index (κ1) is 15.8. The molecule has 0 aromatic heterocycles. The third-order valence-electron chi connectivity index (χ3n) is 3.98. The van der Waals surface area contributed by atoms with Gasteiger partial charge in [0, 0.05) is 13.1 Å². The number of rotatable bonds is 6. The minimum Gasteiger partial charge on any atom is -0.495 e. The first-order valence-electron chi connectivity index (χ1n) is 7.37. The van der Waals surface area contributed by atoms with Crippen LogP contribution in [0.15, 0.2) is 24.3 Å². The first-order valence-corrected chi connectivity index (χ1v) is 7.37. The van der Waals surface area contributed by atoms with Crippen molar-refractivity contribution < 1.29 is 14.6 Å². The van der Waals surface area contributed by atoms with E-state index in [4.69, 9.17) is 4.74 Å². The van der Waals surface area contributed by atoms with Crippen LogP contribution >= 0.6 is 0 Å². The molecule has 1 saturated heterocycles. The molecule has 1 aliphatic heterocycles. The molecule has 1 heterocycles. The first-order chi connectivity index (χ1) is 10.0. The number of anilines is 1. The van der Waals surface area contributed by atoms with E-state index in [0.29, 0.717) is 19.5 Å². The molecule has 1 aromatic rings. The molecular formula is C16H24N2O3. The topological polar surface area (TPSA) is 53.0 Å². The van der Waals surface area contributed by atoms with Crippen molar-refractivity contribution >= 4 is 11.6 Å². The number of methoxy groups -OCH3 is 1. The Morgan fingerprint density at radius 2 is 2.19 bits per heavy atom. The SMILES string of the molecule is COc1ccccc1N1CCC(N(C)CCC(C)O)C1=O. The summed E-state index contributed by atoms with van der Waals surface area (Å²) in [5.74, 6) is 0.825. The summed E-state index contributed by atoms with van der Waals surface area (Å²) in [4.78, 5) is 16.5. The van der Waals surface area contributed by atoms with Gasteiger partial charge in [0.25, 0.3) is 0 Å². The van der Waals surface area contributed by atoms with Crippen LogP contribution in [0.2, 0.25) is 0 Å². The molecule has 0 saturated carbocycles. The highest BCUT2D eigenvalue weighted by Crippen LogP contribution is 2.32. The lowest BCUT2D eigenvalue weighted by Crippen LogP contribution is -2.40. The Kier molecular flexibility index (Phi) is 5.20. The van der Waals surface area contributed by atoms with Crippen molar-refractivity contribution in [1.29, 1.82) is 0 Å². The summed E-state index contributed by atoms with van der Waals surface area (Å²) >= 11 is 0. The third-order valence-corrected chi connectivity index (χ3v) is 3.98. The number of carbonyl (C=O) groups is 1. The molecule has 1 amide bonds. The maximum atomic E-state index is 12.6. The Morgan fingerprint density at radius 3 is 2.86 bits per heavy atom. The van der Waals surface area contributed by atoms with Gasteiger partial charge in [0.1, 0.15) is 5.75 Å². The Bertz CT molecular complexity index is 490. The molecule has 0 spiro atoms. The molecule has 21 heavy (non-hydrogen) atoms. The van der Waals surface area contributed by atoms with Gasteiger partial charge in [0.15, 0.2) is 0 Å². The van der Waals surface area contributed by atoms with Crippen LogP contribution in [0.25, 0.3) is 0 Å². The van der Waals surface area contributed by atoms with E-state index in [-0.39, 0.29) is 18.1 Å². The van der Waals surface area contributed by atoms with Crippen molar-refractivity contribution in [2.75, 3.05) is 32.1 Å². The van der Waals surface area contributed by atoms with Crippen LogP contribution in [-0.4, -0.2) is 55.3 Å². The Labute approximate surface area is 126 Å². The van der Waals surface area contributed by atoms with Crippen LogP contribution in [0.3, 0.4) is 0 Å². The largest absolute Gasteiger partial charge is 0.495 e. The number of likely N-dealkylation sites (N-methyl/N-ethyl adjacent to an activating group) is 1. The van der Waals surface area contributed by atoms with E-state index >= 15 is 0 Å². The number of aliphatic hydroxyl groups is 1. The molecule has 5 nitrogen and oxygen atoms in total. The second-order valence-corrected chi connectivity index (χ2v) is 5.58. The molecule has 5 heteroatoms. The van der Waals surface area contributed by atoms with Gasteiger partial charge >= 0.3 is 0 Å². The second-order valence-electron chi connectivity index (χ2n) is 5.58. The van der Waals surface area contributed by atoms with Gasteiger partial charge < -0.3 is 14.7 Å². The average Bonchev–Trinajstić information content (AvgIpc) is 2.86. The summed E-state index contributed by atoms with van der Waals surface area (Å²) in [7, 11) is 3.56. The summed E-state index contributed by atoms with van der Waals surface area (Å²) in [5.41, 5.74) is 0.830. The van der Waals surface area contributed by atoms with E-state index in [1.165, 1.54) is 0 Å². The molecular weight excluding hydrogens is 268 g/mol. The van der Waals surface area contributed by atoms with Gasteiger partial charge in [-0.25, -0.2) is 0 Å². The lowest BCUT2D eigenvalue weighted by molar-refractivity contribution is -0.121. The number of hydrogen-bond acceptors (Lipinski definition) is 4. The minimum absolute atomic E-state index is 0.104. The highest BCUT2D eigenvalue weighted by molar-refractivity contribution is 6.00. The standard InChI is InChI=1S/C16H24N2O3/c1-12(19)8-10-17(2)14-9-11-18(16(14)20)13-6-4-5-7-15(13)21-3/h4-7,12,14,19H,8-11H2,1-3H3. The Balaban J connectivity index is 2.07. The van der Waals surface area contributed by atoms with E-state index in [1.54, 1.807) is 18.9 Å². The van der Waals surface area contributed by atoms with Crippen LogP contribution in [-0.2, 0) is 4.79 Å². The van der Waals surface area contributed by atoms with Gasteiger partial charge in [0.05, 0.1) is 24.9 Å². The number of para-hydroxylation sites is 2. The van der Waals surface area contributed by atoms with Gasteiger partial charge in [-0.1, -0.05) is 12.1 Å². The van der Waals surface area contributed by atoms with Crippen LogP contribution < -0.4 is 9.64 Å². The summed E-state index contributed by atoms with van der Waals surface area (Å²) < 4.78 is 5.34. The molecule has 2 unspecified atom stereocenters. The molecule has 1 fully saturated rings. The predicted octanol–water partition coefficient (Wildman–Crippen LogP) is 1.50. The Morgan fingerprint density at radius 1 is 1.48 bits per heavy atom. The summed E-state index contributed by atoms with van der Waals surface area (Å²) in [6, 6.07) is 7.47. The van der Waals surface area contributed by atoms with E-state index in [9.17, 15) is 9.90 Å². The fourth-order valence-corrected chi connectivity index (χ4v) is 2.71. The van der Waals surface area contributed by atoms with Crippen molar-refractivity contribution in [2.24, 2.45) is 0 Å². The molecule has 2 atom stereocenters. The normalized spacial score (nSPS) is 20.1. The Hall–Kier alpha value is -1.59. The zero-order valence-electron chi connectivity index (χ0n) is 13.0. The van der Waals surface area contributed by atoms with Crippen molar-refractivity contribution in [3.05, 3.63) is 24.3 Å². The van der Waals surface area contributed by atoms with Crippen LogP contribution in [0.5, 0.6) is 5.75 Å². The van der Waals surface area contributed by atoms with E-state index in [0.717, 1.165) is 17.9 Å². The van der Waals surface area contributed by atoms with Crippen molar-refractivity contribution in [3.63, 3.8) is 0 Å². The van der Waals surface area contributed by atoms with Crippen LogP contribution in [0.1, 0.15) is 19.8 Å². The lowest BCUT2D eigenvalue weighted by atomic mass is 10.2. The van der Waals surface area contributed by atoms with E-state index in [2.05, 4.69) is 0 Å². The van der Waals surface area contributed by atoms with Gasteiger partial charge in [-0.3, -0.25) is 9.69 Å². The predicted molar refractivity (Wildman–Crippen MR) is 82.7 cm³/mol. The van der Waals surface area contributed by atoms with Crippen LogP contribution in [0, 0.1) is 0 Å². The molecule has 1 aliphatic rings. The summed E-state index contributed by atoms with van der Waals surface area (Å²) in [5, 5.41) is 9.37. The maximum Gasteiger partial charge on any atom is 0.244 e. The number of hydrogen-bond donors (Lipinski definition) is 1. The van der Waals surface area contributed by atoms with E-state index in [1.807, 2.05) is 36.2 Å². The molecule has 2 rings (SSSR count). The second kappa shape index (κ2) is 6.91. The fourth-order valence-electron chi connectivity index (χ4n) is 2.71. The van der Waals surface area contributed by atoms with Gasteiger partial charge in [-0.2, -0.15) is 0 Å². The lowest BCUT2D eigenvalue weighted by Gasteiger charge is -2.24. The molecule has 1 aromatic carbocycles. The average molecular weight is 292 g/mol. The number of nitrogens with zero attached hydrogens (tertiary/aromatic N) is 2. The zero-order valence-corrected chi connectivity index (χ0v) is 13.0. The third kappa shape index (κ3) is 3.54. The number of benzene rings is 1. The summed E-state index contributed by atoms with van der Waals surface area (Å²) in [6.45, 7) is 3.18. The monoisotopic (exact) mass is 292 g/mol. The number of aliphatic hydroxyl groups excluding tert-OH is 1. The highest BCUT2D eigenvalue weighted by atomic mass is 16.5.